The van der Waals surface area contributed by atoms with E-state index in [-0.39, 0.29) is 17.8 Å². The van der Waals surface area contributed by atoms with Crippen molar-refractivity contribution in [2.75, 3.05) is 21.3 Å². The van der Waals surface area contributed by atoms with Crippen molar-refractivity contribution in [1.29, 1.82) is 0 Å². The summed E-state index contributed by atoms with van der Waals surface area (Å²) in [4.78, 5) is 39.6. The molecule has 34 heavy (non-hydrogen) atoms. The predicted octanol–water partition coefficient (Wildman–Crippen LogP) is 3.66. The average Bonchev–Trinajstić information content (AvgIpc) is 2.82. The number of carbonyl (C=O) groups excluding carboxylic acids is 3. The number of hydrogen-bond donors (Lipinski definition) is 1. The molecule has 1 N–H and O–H groups in total. The number of ether oxygens (including phenoxy) is 4. The Bertz CT molecular complexity index is 1060. The van der Waals surface area contributed by atoms with Gasteiger partial charge in [0.2, 0.25) is 0 Å². The standard InChI is InChI=1S/C26H33NO7/c1-8-14(3)34-26(30)21-15(4)27-17-11-13(2)20(25(29)33-7)24(28)23(17)22(21)16-9-10-18(31-5)19(12-16)32-6/h9-10,12-14,20,22,27H,8,11H2,1-7H3/t13-,14+,20-,22+/m1/s1. The lowest BCUT2D eigenvalue weighted by atomic mass is 9.69. The number of Topliss-reactive ketones (excluding diaryl/α,β-unsaturated/α-hetero) is 1. The zero-order valence-corrected chi connectivity index (χ0v) is 20.8. The quantitative estimate of drug-likeness (QED) is 0.475. The van der Waals surface area contributed by atoms with Crippen LogP contribution in [-0.2, 0) is 23.9 Å². The molecule has 0 fully saturated rings. The maximum atomic E-state index is 13.8. The molecular formula is C26H33NO7. The van der Waals surface area contributed by atoms with Gasteiger partial charge in [0.15, 0.2) is 17.3 Å². The van der Waals surface area contributed by atoms with Gasteiger partial charge in [-0.3, -0.25) is 9.59 Å². The molecule has 3 rings (SSSR count). The molecule has 8 heteroatoms. The topological polar surface area (TPSA) is 100 Å². The number of ketones is 1. The van der Waals surface area contributed by atoms with Crippen LogP contribution in [0.4, 0.5) is 0 Å². The number of esters is 2. The number of dihydropyridines is 1. The van der Waals surface area contributed by atoms with Gasteiger partial charge in [0.1, 0.15) is 5.92 Å². The third-order valence-corrected chi connectivity index (χ3v) is 6.59. The molecule has 1 aliphatic carbocycles. The van der Waals surface area contributed by atoms with Gasteiger partial charge in [-0.1, -0.05) is 19.9 Å². The second kappa shape index (κ2) is 10.3. The highest BCUT2D eigenvalue weighted by molar-refractivity contribution is 6.12. The van der Waals surface area contributed by atoms with Crippen LogP contribution in [0.1, 0.15) is 52.0 Å². The molecule has 1 aliphatic heterocycles. The maximum absolute atomic E-state index is 13.8. The third kappa shape index (κ3) is 4.54. The van der Waals surface area contributed by atoms with Crippen LogP contribution >= 0.6 is 0 Å². The van der Waals surface area contributed by atoms with Crippen LogP contribution in [0.5, 0.6) is 11.5 Å². The smallest absolute Gasteiger partial charge is 0.337 e. The Morgan fingerprint density at radius 3 is 2.41 bits per heavy atom. The Hall–Kier alpha value is -3.29. The Morgan fingerprint density at radius 1 is 1.15 bits per heavy atom. The molecule has 0 aromatic heterocycles. The van der Waals surface area contributed by atoms with E-state index in [4.69, 9.17) is 18.9 Å². The van der Waals surface area contributed by atoms with E-state index in [1.54, 1.807) is 25.1 Å². The Kier molecular flexibility index (Phi) is 7.69. The van der Waals surface area contributed by atoms with E-state index >= 15 is 0 Å². The summed E-state index contributed by atoms with van der Waals surface area (Å²) in [7, 11) is 4.33. The van der Waals surface area contributed by atoms with E-state index in [1.807, 2.05) is 20.8 Å². The van der Waals surface area contributed by atoms with Crippen LogP contribution in [0, 0.1) is 11.8 Å². The van der Waals surface area contributed by atoms with E-state index in [0.717, 1.165) is 0 Å². The number of allylic oxidation sites excluding steroid dienone is 3. The first kappa shape index (κ1) is 25.3. The maximum Gasteiger partial charge on any atom is 0.337 e. The fraction of sp³-hybridized carbons (Fsp3) is 0.500. The van der Waals surface area contributed by atoms with Gasteiger partial charge < -0.3 is 24.3 Å². The van der Waals surface area contributed by atoms with E-state index in [1.165, 1.54) is 21.3 Å². The summed E-state index contributed by atoms with van der Waals surface area (Å²) >= 11 is 0. The van der Waals surface area contributed by atoms with E-state index < -0.39 is 23.8 Å². The number of methoxy groups -OCH3 is 3. The van der Waals surface area contributed by atoms with Crippen LogP contribution in [-0.4, -0.2) is 45.2 Å². The Balaban J connectivity index is 2.21. The van der Waals surface area contributed by atoms with Crippen LogP contribution in [0.25, 0.3) is 0 Å². The zero-order chi connectivity index (χ0) is 25.2. The molecule has 0 saturated carbocycles. The molecular weight excluding hydrogens is 438 g/mol. The van der Waals surface area contributed by atoms with Crippen molar-refractivity contribution >= 4 is 17.7 Å². The van der Waals surface area contributed by atoms with Crippen molar-refractivity contribution < 1.29 is 33.3 Å². The first-order valence-corrected chi connectivity index (χ1v) is 11.4. The molecule has 0 saturated heterocycles. The van der Waals surface area contributed by atoms with E-state index in [0.29, 0.717) is 52.4 Å². The first-order chi connectivity index (χ1) is 16.2. The summed E-state index contributed by atoms with van der Waals surface area (Å²) < 4.78 is 21.5. The molecule has 8 nitrogen and oxygen atoms in total. The van der Waals surface area contributed by atoms with Crippen molar-refractivity contribution in [3.05, 3.63) is 46.3 Å². The van der Waals surface area contributed by atoms with Crippen LogP contribution in [0.3, 0.4) is 0 Å². The SMILES string of the molecule is CC[C@H](C)OC(=O)C1=C(C)NC2=C(C(=O)[C@H](C(=O)OC)[C@H](C)C2)[C@H]1c1ccc(OC)c(OC)c1. The van der Waals surface area contributed by atoms with Crippen LogP contribution < -0.4 is 14.8 Å². The minimum absolute atomic E-state index is 0.251. The monoisotopic (exact) mass is 471 g/mol. The minimum atomic E-state index is -0.946. The summed E-state index contributed by atoms with van der Waals surface area (Å²) in [6, 6.07) is 5.28. The van der Waals surface area contributed by atoms with E-state index in [2.05, 4.69) is 5.32 Å². The summed E-state index contributed by atoms with van der Waals surface area (Å²) in [5.74, 6) is -2.38. The van der Waals surface area contributed by atoms with Gasteiger partial charge >= 0.3 is 11.9 Å². The number of carbonyl (C=O) groups is 3. The molecule has 0 spiro atoms. The molecule has 0 bridgehead atoms. The number of benzene rings is 1. The second-order valence-corrected chi connectivity index (χ2v) is 8.77. The summed E-state index contributed by atoms with van der Waals surface area (Å²) in [5, 5.41) is 3.26. The van der Waals surface area contributed by atoms with Gasteiger partial charge in [0.05, 0.1) is 33.0 Å². The fourth-order valence-electron chi connectivity index (χ4n) is 4.65. The average molecular weight is 472 g/mol. The van der Waals surface area contributed by atoms with Gasteiger partial charge in [-0.25, -0.2) is 4.79 Å². The van der Waals surface area contributed by atoms with Gasteiger partial charge in [-0.05, 0) is 50.3 Å². The zero-order valence-electron chi connectivity index (χ0n) is 20.8. The van der Waals surface area contributed by atoms with Crippen LogP contribution in [0.2, 0.25) is 0 Å². The Labute approximate surface area is 200 Å². The third-order valence-electron chi connectivity index (χ3n) is 6.59. The number of nitrogens with one attached hydrogen (secondary N) is 1. The Morgan fingerprint density at radius 2 is 1.82 bits per heavy atom. The van der Waals surface area contributed by atoms with Crippen molar-refractivity contribution in [3.63, 3.8) is 0 Å². The predicted molar refractivity (Wildman–Crippen MR) is 125 cm³/mol. The molecule has 184 valence electrons. The second-order valence-electron chi connectivity index (χ2n) is 8.77. The van der Waals surface area contributed by atoms with Gasteiger partial charge in [-0.15, -0.1) is 0 Å². The molecule has 1 aromatic rings. The largest absolute Gasteiger partial charge is 0.493 e. The van der Waals surface area contributed by atoms with Crippen molar-refractivity contribution in [2.24, 2.45) is 11.8 Å². The van der Waals surface area contributed by atoms with Gasteiger partial charge in [0.25, 0.3) is 0 Å². The molecule has 0 unspecified atom stereocenters. The van der Waals surface area contributed by atoms with Gasteiger partial charge in [0, 0.05) is 22.9 Å². The highest BCUT2D eigenvalue weighted by atomic mass is 16.5. The molecule has 0 radical (unpaired) electrons. The first-order valence-electron chi connectivity index (χ1n) is 11.4. The minimum Gasteiger partial charge on any atom is -0.493 e. The normalized spacial score (nSPS) is 23.0. The lowest BCUT2D eigenvalue weighted by Crippen LogP contribution is -2.43. The highest BCUT2D eigenvalue weighted by Crippen LogP contribution is 2.46. The highest BCUT2D eigenvalue weighted by Gasteiger charge is 2.47. The lowest BCUT2D eigenvalue weighted by Gasteiger charge is -2.38. The summed E-state index contributed by atoms with van der Waals surface area (Å²) in [6.45, 7) is 7.40. The molecule has 1 heterocycles. The number of rotatable bonds is 7. The molecule has 0 amide bonds. The number of hydrogen-bond acceptors (Lipinski definition) is 8. The van der Waals surface area contributed by atoms with Gasteiger partial charge in [-0.2, -0.15) is 0 Å². The molecule has 4 atom stereocenters. The van der Waals surface area contributed by atoms with Crippen LogP contribution in [0.15, 0.2) is 40.7 Å². The summed E-state index contributed by atoms with van der Waals surface area (Å²) in [5.41, 5.74) is 2.69. The molecule has 2 aliphatic rings. The fourth-order valence-corrected chi connectivity index (χ4v) is 4.65. The van der Waals surface area contributed by atoms with Crippen molar-refractivity contribution in [1.82, 2.24) is 5.32 Å². The lowest BCUT2D eigenvalue weighted by molar-refractivity contribution is -0.151. The van der Waals surface area contributed by atoms with Crippen molar-refractivity contribution in [2.45, 2.75) is 52.6 Å². The van der Waals surface area contributed by atoms with Crippen molar-refractivity contribution in [3.8, 4) is 11.5 Å². The molecule has 1 aromatic carbocycles. The summed E-state index contributed by atoms with van der Waals surface area (Å²) in [6.07, 6.45) is 0.830. The van der Waals surface area contributed by atoms with E-state index in [9.17, 15) is 14.4 Å².